The van der Waals surface area contributed by atoms with Crippen molar-refractivity contribution in [1.29, 1.82) is 0 Å². The second kappa shape index (κ2) is 6.92. The maximum Gasteiger partial charge on any atom is 0.306 e. The SMILES string of the molecule is O=C(O)C1CCCC(C(=O)NCC2CCCCC2)C1. The number of carboxylic acids is 1. The summed E-state index contributed by atoms with van der Waals surface area (Å²) in [6.45, 7) is 0.785. The Kier molecular flexibility index (Phi) is 5.23. The fraction of sp³-hybridized carbons (Fsp3) is 0.867. The number of hydrogen-bond donors (Lipinski definition) is 2. The highest BCUT2D eigenvalue weighted by molar-refractivity contribution is 5.80. The molecule has 2 aliphatic carbocycles. The third-order valence-corrected chi connectivity index (χ3v) is 4.68. The molecule has 4 heteroatoms. The molecule has 1 amide bonds. The van der Waals surface area contributed by atoms with Gasteiger partial charge in [0.05, 0.1) is 5.92 Å². The Bertz CT molecular complexity index is 323. The summed E-state index contributed by atoms with van der Waals surface area (Å²) in [6.07, 6.45) is 9.29. The van der Waals surface area contributed by atoms with Crippen LogP contribution in [0.5, 0.6) is 0 Å². The van der Waals surface area contributed by atoms with Gasteiger partial charge >= 0.3 is 5.97 Å². The molecule has 2 rings (SSSR count). The smallest absolute Gasteiger partial charge is 0.306 e. The van der Waals surface area contributed by atoms with E-state index >= 15 is 0 Å². The fourth-order valence-corrected chi connectivity index (χ4v) is 3.43. The van der Waals surface area contributed by atoms with Gasteiger partial charge in [-0.1, -0.05) is 25.7 Å². The topological polar surface area (TPSA) is 66.4 Å². The lowest BCUT2D eigenvalue weighted by molar-refractivity contribution is -0.144. The predicted molar refractivity (Wildman–Crippen MR) is 72.7 cm³/mol. The van der Waals surface area contributed by atoms with Crippen LogP contribution in [0.1, 0.15) is 57.8 Å². The first-order valence-electron chi connectivity index (χ1n) is 7.67. The van der Waals surface area contributed by atoms with E-state index in [4.69, 9.17) is 5.11 Å². The van der Waals surface area contributed by atoms with Gasteiger partial charge in [-0.05, 0) is 38.0 Å². The summed E-state index contributed by atoms with van der Waals surface area (Å²) >= 11 is 0. The Balaban J connectivity index is 1.74. The lowest BCUT2D eigenvalue weighted by Gasteiger charge is -2.27. The summed E-state index contributed by atoms with van der Waals surface area (Å²) in [5.41, 5.74) is 0. The monoisotopic (exact) mass is 267 g/mol. The number of aliphatic carboxylic acids is 1. The standard InChI is InChI=1S/C15H25NO3/c17-14(16-10-11-5-2-1-3-6-11)12-7-4-8-13(9-12)15(18)19/h11-13H,1-10H2,(H,16,17)(H,18,19). The maximum absolute atomic E-state index is 12.1. The predicted octanol–water partition coefficient (Wildman–Crippen LogP) is 2.57. The summed E-state index contributed by atoms with van der Waals surface area (Å²) in [5.74, 6) is -0.435. The van der Waals surface area contributed by atoms with Crippen molar-refractivity contribution in [3.05, 3.63) is 0 Å². The number of nitrogens with one attached hydrogen (secondary N) is 1. The zero-order valence-corrected chi connectivity index (χ0v) is 11.6. The van der Waals surface area contributed by atoms with E-state index in [1.807, 2.05) is 0 Å². The molecule has 0 heterocycles. The largest absolute Gasteiger partial charge is 0.481 e. The molecule has 0 aromatic carbocycles. The van der Waals surface area contributed by atoms with Crippen molar-refractivity contribution in [1.82, 2.24) is 5.32 Å². The van der Waals surface area contributed by atoms with E-state index in [-0.39, 0.29) is 17.7 Å². The molecule has 0 aromatic rings. The minimum atomic E-state index is -0.746. The highest BCUT2D eigenvalue weighted by Crippen LogP contribution is 2.29. The number of rotatable bonds is 4. The van der Waals surface area contributed by atoms with Gasteiger partial charge in [0.2, 0.25) is 5.91 Å². The van der Waals surface area contributed by atoms with Crippen molar-refractivity contribution < 1.29 is 14.7 Å². The average Bonchev–Trinajstić information content (AvgIpc) is 2.46. The fourth-order valence-electron chi connectivity index (χ4n) is 3.43. The lowest BCUT2D eigenvalue weighted by atomic mass is 9.81. The van der Waals surface area contributed by atoms with Crippen LogP contribution >= 0.6 is 0 Å². The van der Waals surface area contributed by atoms with E-state index in [1.165, 1.54) is 32.1 Å². The van der Waals surface area contributed by atoms with Crippen molar-refractivity contribution in [3.8, 4) is 0 Å². The molecule has 0 radical (unpaired) electrons. The minimum absolute atomic E-state index is 0.0801. The highest BCUT2D eigenvalue weighted by atomic mass is 16.4. The van der Waals surface area contributed by atoms with Crippen LogP contribution in [0.2, 0.25) is 0 Å². The van der Waals surface area contributed by atoms with Gasteiger partial charge in [-0.15, -0.1) is 0 Å². The first kappa shape index (κ1) is 14.4. The normalized spacial score (nSPS) is 28.8. The van der Waals surface area contributed by atoms with E-state index in [9.17, 15) is 9.59 Å². The molecule has 0 saturated heterocycles. The van der Waals surface area contributed by atoms with Gasteiger partial charge in [-0.25, -0.2) is 0 Å². The number of carboxylic acid groups (broad SMARTS) is 1. The van der Waals surface area contributed by atoms with Crippen LogP contribution in [-0.2, 0) is 9.59 Å². The highest BCUT2D eigenvalue weighted by Gasteiger charge is 2.31. The number of carbonyl (C=O) groups excluding carboxylic acids is 1. The molecule has 108 valence electrons. The van der Waals surface area contributed by atoms with Crippen LogP contribution < -0.4 is 5.32 Å². The second-order valence-electron chi connectivity index (χ2n) is 6.15. The summed E-state index contributed by atoms with van der Waals surface area (Å²) in [4.78, 5) is 23.1. The zero-order chi connectivity index (χ0) is 13.7. The van der Waals surface area contributed by atoms with Gasteiger partial charge in [-0.2, -0.15) is 0 Å². The van der Waals surface area contributed by atoms with Gasteiger partial charge in [0, 0.05) is 12.5 Å². The summed E-state index contributed by atoms with van der Waals surface area (Å²) in [6, 6.07) is 0. The molecule has 0 bridgehead atoms. The second-order valence-corrected chi connectivity index (χ2v) is 6.15. The Morgan fingerprint density at radius 2 is 1.63 bits per heavy atom. The van der Waals surface area contributed by atoms with E-state index in [2.05, 4.69) is 5.32 Å². The molecule has 0 aromatic heterocycles. The Morgan fingerprint density at radius 3 is 2.32 bits per heavy atom. The van der Waals surface area contributed by atoms with Crippen LogP contribution in [0.3, 0.4) is 0 Å². The lowest BCUT2D eigenvalue weighted by Crippen LogP contribution is -2.38. The van der Waals surface area contributed by atoms with Gasteiger partial charge in [0.15, 0.2) is 0 Å². The minimum Gasteiger partial charge on any atom is -0.481 e. The number of hydrogen-bond acceptors (Lipinski definition) is 2. The molecule has 0 aliphatic heterocycles. The van der Waals surface area contributed by atoms with Crippen LogP contribution in [0.25, 0.3) is 0 Å². The van der Waals surface area contributed by atoms with Crippen molar-refractivity contribution in [2.75, 3.05) is 6.54 Å². The van der Waals surface area contributed by atoms with E-state index < -0.39 is 5.97 Å². The first-order chi connectivity index (χ1) is 9.16. The molecule has 2 saturated carbocycles. The Morgan fingerprint density at radius 1 is 0.947 bits per heavy atom. The summed E-state index contributed by atoms with van der Waals surface area (Å²) in [5, 5.41) is 12.1. The van der Waals surface area contributed by atoms with Crippen LogP contribution in [0, 0.1) is 17.8 Å². The van der Waals surface area contributed by atoms with Gasteiger partial charge in [0.1, 0.15) is 0 Å². The molecular formula is C15H25NO3. The zero-order valence-electron chi connectivity index (χ0n) is 11.6. The van der Waals surface area contributed by atoms with E-state index in [1.54, 1.807) is 0 Å². The maximum atomic E-state index is 12.1. The molecule has 2 aliphatic rings. The Labute approximate surface area is 115 Å². The first-order valence-corrected chi connectivity index (χ1v) is 7.67. The van der Waals surface area contributed by atoms with Crippen molar-refractivity contribution in [2.45, 2.75) is 57.8 Å². The van der Waals surface area contributed by atoms with Crippen LogP contribution in [0.4, 0.5) is 0 Å². The van der Waals surface area contributed by atoms with Crippen LogP contribution in [-0.4, -0.2) is 23.5 Å². The molecular weight excluding hydrogens is 242 g/mol. The van der Waals surface area contributed by atoms with Crippen molar-refractivity contribution in [3.63, 3.8) is 0 Å². The number of carbonyl (C=O) groups is 2. The van der Waals surface area contributed by atoms with Gasteiger partial charge < -0.3 is 10.4 Å². The Hall–Kier alpha value is -1.06. The number of amides is 1. The van der Waals surface area contributed by atoms with Crippen molar-refractivity contribution in [2.24, 2.45) is 17.8 Å². The van der Waals surface area contributed by atoms with Gasteiger partial charge in [-0.3, -0.25) is 9.59 Å². The third kappa shape index (κ3) is 4.22. The molecule has 2 atom stereocenters. The quantitative estimate of drug-likeness (QED) is 0.822. The van der Waals surface area contributed by atoms with Crippen LogP contribution in [0.15, 0.2) is 0 Å². The van der Waals surface area contributed by atoms with Gasteiger partial charge in [0.25, 0.3) is 0 Å². The van der Waals surface area contributed by atoms with Crippen molar-refractivity contribution >= 4 is 11.9 Å². The van der Waals surface area contributed by atoms with E-state index in [0.29, 0.717) is 12.3 Å². The molecule has 2 fully saturated rings. The van der Waals surface area contributed by atoms with E-state index in [0.717, 1.165) is 25.8 Å². The molecule has 2 unspecified atom stereocenters. The molecule has 2 N–H and O–H groups in total. The summed E-state index contributed by atoms with van der Waals surface area (Å²) in [7, 11) is 0. The molecule has 19 heavy (non-hydrogen) atoms. The average molecular weight is 267 g/mol. The molecule has 0 spiro atoms. The summed E-state index contributed by atoms with van der Waals surface area (Å²) < 4.78 is 0. The third-order valence-electron chi connectivity index (χ3n) is 4.68. The molecule has 4 nitrogen and oxygen atoms in total.